The average molecular weight is 450 g/mol. The lowest BCUT2D eigenvalue weighted by Gasteiger charge is -2.41. The van der Waals surface area contributed by atoms with E-state index in [4.69, 9.17) is 22.3 Å². The van der Waals surface area contributed by atoms with Gasteiger partial charge in [-0.2, -0.15) is 0 Å². The van der Waals surface area contributed by atoms with Crippen LogP contribution < -0.4 is 5.73 Å². The van der Waals surface area contributed by atoms with Gasteiger partial charge in [-0.15, -0.1) is 0 Å². The van der Waals surface area contributed by atoms with Gasteiger partial charge in [0.1, 0.15) is 11.9 Å². The van der Waals surface area contributed by atoms with Crippen LogP contribution in [0.2, 0.25) is 5.02 Å². The summed E-state index contributed by atoms with van der Waals surface area (Å²) in [6.07, 6.45) is -2.05. The molecule has 0 bridgehead atoms. The number of carbonyl (C=O) groups is 1. The number of benzene rings is 2. The fraction of sp³-hybridized carbons (Fsp3) is 0.333. The molecule has 1 saturated carbocycles. The number of nitrogens with two attached hydrogens (primary N) is 1. The number of halogens is 2. The quantitative estimate of drug-likeness (QED) is 0.666. The number of fused-ring (bicyclic) bond motifs is 1. The highest BCUT2D eigenvalue weighted by molar-refractivity contribution is 8.14. The topological polar surface area (TPSA) is 99.2 Å². The van der Waals surface area contributed by atoms with Crippen LogP contribution in [-0.4, -0.2) is 49.7 Å². The van der Waals surface area contributed by atoms with E-state index in [0.29, 0.717) is 22.4 Å². The van der Waals surface area contributed by atoms with Crippen LogP contribution >= 0.6 is 23.4 Å². The second-order valence-corrected chi connectivity index (χ2v) is 9.08. The van der Waals surface area contributed by atoms with E-state index in [-0.39, 0.29) is 17.5 Å². The summed E-state index contributed by atoms with van der Waals surface area (Å²) in [5.74, 6) is -1.46. The third-order valence-electron chi connectivity index (χ3n) is 5.50. The molecule has 1 amide bonds. The minimum atomic E-state index is -1.07. The van der Waals surface area contributed by atoms with E-state index < -0.39 is 30.1 Å². The summed E-state index contributed by atoms with van der Waals surface area (Å²) in [5.41, 5.74) is 7.07. The molecule has 1 saturated heterocycles. The van der Waals surface area contributed by atoms with Crippen molar-refractivity contribution in [1.29, 1.82) is 0 Å². The molecule has 0 aromatic heterocycles. The third-order valence-corrected chi connectivity index (χ3v) is 7.17. The Kier molecular flexibility index (Phi) is 6.02. The zero-order valence-electron chi connectivity index (χ0n) is 15.9. The second kappa shape index (κ2) is 8.55. The van der Waals surface area contributed by atoms with Crippen molar-refractivity contribution >= 4 is 40.1 Å². The van der Waals surface area contributed by atoms with E-state index in [1.807, 2.05) is 4.90 Å². The molecule has 5 atom stereocenters. The number of primary amides is 1. The van der Waals surface area contributed by atoms with E-state index in [0.717, 1.165) is 5.56 Å². The number of hydrogen-bond acceptors (Lipinski definition) is 5. The first-order chi connectivity index (χ1) is 14.3. The number of aliphatic hydroxyl groups excluding tert-OH is 2. The molecular weight excluding hydrogens is 429 g/mol. The van der Waals surface area contributed by atoms with Gasteiger partial charge in [-0.3, -0.25) is 4.79 Å². The van der Waals surface area contributed by atoms with E-state index in [2.05, 4.69) is 0 Å². The van der Waals surface area contributed by atoms with Gasteiger partial charge in [0.2, 0.25) is 5.91 Å². The summed E-state index contributed by atoms with van der Waals surface area (Å²) < 4.78 is 13.3. The Balaban J connectivity index is 1.73. The minimum Gasteiger partial charge on any atom is -0.390 e. The van der Waals surface area contributed by atoms with E-state index in [1.165, 1.54) is 23.9 Å². The average Bonchev–Trinajstić information content (AvgIpc) is 3.06. The molecule has 2 aromatic rings. The number of amidine groups is 1. The molecule has 4 rings (SSSR count). The Bertz CT molecular complexity index is 957. The number of aliphatic hydroxyl groups is 2. The fourth-order valence-corrected chi connectivity index (χ4v) is 5.68. The van der Waals surface area contributed by atoms with Crippen molar-refractivity contribution in [2.24, 2.45) is 16.6 Å². The van der Waals surface area contributed by atoms with Crippen LogP contribution in [0.25, 0.3) is 0 Å². The van der Waals surface area contributed by atoms with Crippen LogP contribution in [0.1, 0.15) is 12.0 Å². The van der Waals surface area contributed by atoms with E-state index in [9.17, 15) is 19.4 Å². The predicted molar refractivity (Wildman–Crippen MR) is 115 cm³/mol. The summed E-state index contributed by atoms with van der Waals surface area (Å²) in [6, 6.07) is 12.5. The lowest BCUT2D eigenvalue weighted by Crippen LogP contribution is -2.58. The summed E-state index contributed by atoms with van der Waals surface area (Å²) >= 11 is 7.32. The van der Waals surface area contributed by atoms with Crippen molar-refractivity contribution in [3.63, 3.8) is 0 Å². The first-order valence-electron chi connectivity index (χ1n) is 9.51. The number of nitrogens with zero attached hydrogens (tertiary/aromatic N) is 2. The van der Waals surface area contributed by atoms with Gasteiger partial charge in [0, 0.05) is 16.8 Å². The molecule has 0 unspecified atom stereocenters. The molecule has 2 aliphatic rings. The van der Waals surface area contributed by atoms with E-state index >= 15 is 0 Å². The molecule has 158 valence electrons. The highest BCUT2D eigenvalue weighted by Gasteiger charge is 2.54. The highest BCUT2D eigenvalue weighted by Crippen LogP contribution is 2.45. The number of hydrogen-bond donors (Lipinski definition) is 3. The molecule has 4 N–H and O–H groups in total. The molecule has 0 spiro atoms. The van der Waals surface area contributed by atoms with Gasteiger partial charge in [-0.1, -0.05) is 35.5 Å². The molecule has 9 heteroatoms. The molecule has 0 radical (unpaired) electrons. The van der Waals surface area contributed by atoms with Gasteiger partial charge < -0.3 is 20.8 Å². The van der Waals surface area contributed by atoms with Gasteiger partial charge in [0.05, 0.1) is 23.8 Å². The zero-order chi connectivity index (χ0) is 21.4. The van der Waals surface area contributed by atoms with Gasteiger partial charge in [0.25, 0.3) is 0 Å². The molecule has 30 heavy (non-hydrogen) atoms. The maximum atomic E-state index is 13.3. The fourth-order valence-electron chi connectivity index (χ4n) is 3.98. The third kappa shape index (κ3) is 4.18. The molecular formula is C21H21ClFN3O3S. The predicted octanol–water partition coefficient (Wildman–Crippen LogP) is 2.68. The zero-order valence-corrected chi connectivity index (χ0v) is 17.4. The van der Waals surface area contributed by atoms with Crippen LogP contribution in [0.3, 0.4) is 0 Å². The monoisotopic (exact) mass is 449 g/mol. The summed E-state index contributed by atoms with van der Waals surface area (Å²) in [5, 5.41) is 22.0. The summed E-state index contributed by atoms with van der Waals surface area (Å²) in [4.78, 5) is 18.6. The Morgan fingerprint density at radius 1 is 1.20 bits per heavy atom. The molecule has 1 aliphatic carbocycles. The lowest BCUT2D eigenvalue weighted by atomic mass is 9.80. The first kappa shape index (κ1) is 21.1. The van der Waals surface area contributed by atoms with Gasteiger partial charge in [-0.25, -0.2) is 9.38 Å². The number of rotatable bonds is 4. The van der Waals surface area contributed by atoms with Crippen molar-refractivity contribution < 1.29 is 19.4 Å². The van der Waals surface area contributed by atoms with Crippen molar-refractivity contribution in [2.45, 2.75) is 36.5 Å². The normalized spacial score (nSPS) is 29.8. The molecule has 1 aliphatic heterocycles. The Labute approximate surface area is 182 Å². The standard InChI is InChI=1S/C21H21ClFN3O3S/c22-12-3-7-14(8-4-12)25-21-26(10-11-1-5-13(23)6-2-11)17-18(28)16(27)9-15(20(24)29)19(17)30-21/h1-8,15-19,27-28H,9-10H2,(H2,24,29)/t15-,16+,17+,18-,19+/m0/s1. The Morgan fingerprint density at radius 2 is 1.87 bits per heavy atom. The molecule has 1 heterocycles. The van der Waals surface area contributed by atoms with Gasteiger partial charge in [0.15, 0.2) is 5.17 Å². The van der Waals surface area contributed by atoms with E-state index in [1.54, 1.807) is 36.4 Å². The van der Waals surface area contributed by atoms with Crippen molar-refractivity contribution in [2.75, 3.05) is 0 Å². The number of aliphatic imine (C=N–C) groups is 1. The summed E-state index contributed by atoms with van der Waals surface area (Å²) in [7, 11) is 0. The van der Waals surface area contributed by atoms with Crippen molar-refractivity contribution in [3.05, 3.63) is 64.9 Å². The van der Waals surface area contributed by atoms with Crippen LogP contribution in [0.5, 0.6) is 0 Å². The Hall–Kier alpha value is -2.13. The highest BCUT2D eigenvalue weighted by atomic mass is 35.5. The molecule has 2 aromatic carbocycles. The van der Waals surface area contributed by atoms with Crippen molar-refractivity contribution in [3.8, 4) is 0 Å². The maximum Gasteiger partial charge on any atom is 0.221 e. The van der Waals surface area contributed by atoms with Gasteiger partial charge >= 0.3 is 0 Å². The number of thioether (sulfide) groups is 1. The SMILES string of the molecule is NC(=O)[C@H]1C[C@@H](O)[C@H](O)[C@@H]2[C@@H]1SC(=Nc1ccc(Cl)cc1)N2Cc1ccc(F)cc1. The number of carbonyl (C=O) groups excluding carboxylic acids is 1. The van der Waals surface area contributed by atoms with Crippen LogP contribution in [0.15, 0.2) is 53.5 Å². The molecule has 2 fully saturated rings. The van der Waals surface area contributed by atoms with Crippen LogP contribution in [-0.2, 0) is 11.3 Å². The largest absolute Gasteiger partial charge is 0.390 e. The maximum absolute atomic E-state index is 13.3. The van der Waals surface area contributed by atoms with Crippen LogP contribution in [0.4, 0.5) is 10.1 Å². The molecule has 6 nitrogen and oxygen atoms in total. The smallest absolute Gasteiger partial charge is 0.221 e. The minimum absolute atomic E-state index is 0.100. The number of amides is 1. The second-order valence-electron chi connectivity index (χ2n) is 7.50. The van der Waals surface area contributed by atoms with Crippen molar-refractivity contribution in [1.82, 2.24) is 4.90 Å². The van der Waals surface area contributed by atoms with Gasteiger partial charge in [-0.05, 0) is 48.4 Å². The summed E-state index contributed by atoms with van der Waals surface area (Å²) in [6.45, 7) is 0.329. The Morgan fingerprint density at radius 3 is 2.50 bits per heavy atom. The lowest BCUT2D eigenvalue weighted by molar-refractivity contribution is -0.128. The van der Waals surface area contributed by atoms with Crippen LogP contribution in [0, 0.1) is 11.7 Å². The first-order valence-corrected chi connectivity index (χ1v) is 10.8.